The minimum atomic E-state index is -3.03. The van der Waals surface area contributed by atoms with Crippen molar-refractivity contribution in [1.29, 1.82) is 0 Å². The number of nitrogens with zero attached hydrogens (tertiary/aromatic N) is 4. The Morgan fingerprint density at radius 1 is 0.967 bits per heavy atom. The van der Waals surface area contributed by atoms with E-state index in [2.05, 4.69) is 23.4 Å². The highest BCUT2D eigenvalue weighted by Crippen LogP contribution is 2.69. The van der Waals surface area contributed by atoms with Gasteiger partial charge in [-0.3, -0.25) is 4.57 Å². The van der Waals surface area contributed by atoms with E-state index < -0.39 is 7.44 Å². The van der Waals surface area contributed by atoms with Crippen LogP contribution in [0.2, 0.25) is 0 Å². The SMILES string of the molecule is CC1(C)CC2=NN(c3ccccc3)P(=O)(N3CCCCC3)C2=C(N2CCOCC2)C1. The summed E-state index contributed by atoms with van der Waals surface area (Å²) in [6.45, 7) is 9.59. The number of morpholine rings is 1. The van der Waals surface area contributed by atoms with E-state index in [9.17, 15) is 0 Å². The molecule has 0 N–H and O–H groups in total. The molecule has 0 saturated carbocycles. The van der Waals surface area contributed by atoms with Crippen LogP contribution in [0, 0.1) is 5.41 Å². The average molecular weight is 429 g/mol. The number of hydrogen-bond acceptors (Lipinski definition) is 4. The first-order valence-electron chi connectivity index (χ1n) is 11.3. The van der Waals surface area contributed by atoms with Gasteiger partial charge in [0.1, 0.15) is 0 Å². The largest absolute Gasteiger partial charge is 0.378 e. The number of hydrazone groups is 1. The maximum atomic E-state index is 15.2. The Hall–Kier alpha value is -1.62. The van der Waals surface area contributed by atoms with Crippen molar-refractivity contribution in [2.45, 2.75) is 46.0 Å². The molecule has 3 aliphatic heterocycles. The Morgan fingerprint density at radius 3 is 2.37 bits per heavy atom. The van der Waals surface area contributed by atoms with Crippen molar-refractivity contribution in [3.05, 3.63) is 41.3 Å². The molecule has 1 unspecified atom stereocenters. The first kappa shape index (κ1) is 20.3. The zero-order chi connectivity index (χ0) is 20.8. The molecule has 0 aromatic heterocycles. The van der Waals surface area contributed by atoms with Crippen molar-refractivity contribution in [2.24, 2.45) is 10.5 Å². The molecule has 162 valence electrons. The molecule has 2 saturated heterocycles. The number of hydrogen-bond donors (Lipinski definition) is 0. The second-order valence-electron chi connectivity index (χ2n) is 9.64. The summed E-state index contributed by atoms with van der Waals surface area (Å²) in [5.74, 6) is 0. The van der Waals surface area contributed by atoms with E-state index in [1.54, 1.807) is 0 Å². The zero-order valence-corrected chi connectivity index (χ0v) is 19.1. The molecule has 3 heterocycles. The fraction of sp³-hybridized carbons (Fsp3) is 0.609. The van der Waals surface area contributed by atoms with Crippen LogP contribution in [0.25, 0.3) is 0 Å². The number of piperidine rings is 1. The van der Waals surface area contributed by atoms with Crippen molar-refractivity contribution >= 4 is 18.8 Å². The van der Waals surface area contributed by atoms with Crippen LogP contribution < -0.4 is 4.78 Å². The van der Waals surface area contributed by atoms with E-state index >= 15 is 4.57 Å². The first-order valence-corrected chi connectivity index (χ1v) is 13.0. The third-order valence-corrected chi connectivity index (χ3v) is 9.80. The van der Waals surface area contributed by atoms with Gasteiger partial charge < -0.3 is 9.64 Å². The topological polar surface area (TPSA) is 48.4 Å². The molecule has 1 aromatic rings. The molecule has 1 aromatic carbocycles. The van der Waals surface area contributed by atoms with Gasteiger partial charge in [-0.2, -0.15) is 9.88 Å². The normalized spacial score (nSPS) is 29.7. The fourth-order valence-electron chi connectivity index (χ4n) is 5.27. The lowest BCUT2D eigenvalue weighted by molar-refractivity contribution is 0.0489. The van der Waals surface area contributed by atoms with Gasteiger partial charge in [0.2, 0.25) is 0 Å². The summed E-state index contributed by atoms with van der Waals surface area (Å²) in [4.78, 5) is 2.43. The third-order valence-electron chi connectivity index (χ3n) is 6.70. The van der Waals surface area contributed by atoms with Crippen molar-refractivity contribution in [2.75, 3.05) is 44.2 Å². The number of ether oxygens (including phenoxy) is 1. The van der Waals surface area contributed by atoms with Gasteiger partial charge in [0.15, 0.2) is 0 Å². The number of allylic oxidation sites excluding steroid dienone is 2. The summed E-state index contributed by atoms with van der Waals surface area (Å²) in [7, 11) is -3.03. The lowest BCUT2D eigenvalue weighted by Gasteiger charge is -2.43. The summed E-state index contributed by atoms with van der Waals surface area (Å²) >= 11 is 0. The van der Waals surface area contributed by atoms with Crippen molar-refractivity contribution in [3.63, 3.8) is 0 Å². The average Bonchev–Trinajstić information content (AvgIpc) is 3.07. The molecule has 1 atom stereocenters. The summed E-state index contributed by atoms with van der Waals surface area (Å²) in [6, 6.07) is 10.1. The molecule has 30 heavy (non-hydrogen) atoms. The van der Waals surface area contributed by atoms with E-state index in [0.717, 1.165) is 81.8 Å². The molecule has 1 aliphatic carbocycles. The number of rotatable bonds is 3. The Balaban J connectivity index is 1.68. The highest BCUT2D eigenvalue weighted by molar-refractivity contribution is 7.69. The number of benzene rings is 1. The van der Waals surface area contributed by atoms with E-state index in [-0.39, 0.29) is 5.41 Å². The van der Waals surface area contributed by atoms with Crippen LogP contribution in [0.15, 0.2) is 46.4 Å². The summed E-state index contributed by atoms with van der Waals surface area (Å²) in [5, 5.41) is 6.12. The highest BCUT2D eigenvalue weighted by Gasteiger charge is 2.53. The van der Waals surface area contributed by atoms with Gasteiger partial charge in [0.25, 0.3) is 7.44 Å². The molecule has 0 amide bonds. The lowest BCUT2D eigenvalue weighted by atomic mass is 9.78. The Morgan fingerprint density at radius 2 is 1.67 bits per heavy atom. The van der Waals surface area contributed by atoms with Crippen LogP contribution in [-0.4, -0.2) is 54.7 Å². The smallest absolute Gasteiger partial charge is 0.292 e. The highest BCUT2D eigenvalue weighted by atomic mass is 31.2. The number of para-hydroxylation sites is 1. The minimum Gasteiger partial charge on any atom is -0.378 e. The predicted octanol–water partition coefficient (Wildman–Crippen LogP) is 4.91. The molecule has 7 heteroatoms. The lowest BCUT2D eigenvalue weighted by Crippen LogP contribution is -2.41. The van der Waals surface area contributed by atoms with Gasteiger partial charge in [0.05, 0.1) is 29.9 Å². The molecule has 6 nitrogen and oxygen atoms in total. The molecule has 0 spiro atoms. The summed E-state index contributed by atoms with van der Waals surface area (Å²) in [6.07, 6.45) is 5.25. The van der Waals surface area contributed by atoms with E-state index in [1.165, 1.54) is 12.1 Å². The first-order chi connectivity index (χ1) is 14.5. The Kier molecular flexibility index (Phi) is 5.29. The maximum Gasteiger partial charge on any atom is 0.292 e. The quantitative estimate of drug-likeness (QED) is 0.641. The second-order valence-corrected chi connectivity index (χ2v) is 12.1. The molecule has 5 rings (SSSR count). The van der Waals surface area contributed by atoms with Crippen molar-refractivity contribution in [3.8, 4) is 0 Å². The molecule has 0 radical (unpaired) electrons. The standard InChI is InChI=1S/C23H33N4O2P/c1-23(2)17-20-22(21(18-23)25-13-15-29-16-14-25)30(28,26-11-7-4-8-12-26)27(24-20)19-9-5-3-6-10-19/h3,5-6,9-10H,4,7-8,11-18H2,1-2H3. The van der Waals surface area contributed by atoms with Gasteiger partial charge in [-0.25, -0.2) is 4.67 Å². The van der Waals surface area contributed by atoms with E-state index in [0.29, 0.717) is 0 Å². The van der Waals surface area contributed by atoms with E-state index in [1.807, 2.05) is 35.1 Å². The van der Waals surface area contributed by atoms with Gasteiger partial charge >= 0.3 is 0 Å². The molecular formula is C23H33N4O2P. The monoisotopic (exact) mass is 428 g/mol. The molecule has 4 aliphatic rings. The Labute approximate surface area is 180 Å². The zero-order valence-electron chi connectivity index (χ0n) is 18.2. The summed E-state index contributed by atoms with van der Waals surface area (Å²) in [5.41, 5.74) is 3.32. The molecule has 0 bridgehead atoms. The third kappa shape index (κ3) is 3.43. The van der Waals surface area contributed by atoms with Gasteiger partial charge in [-0.1, -0.05) is 38.5 Å². The van der Waals surface area contributed by atoms with E-state index in [4.69, 9.17) is 9.84 Å². The maximum absolute atomic E-state index is 15.2. The van der Waals surface area contributed by atoms with Crippen molar-refractivity contribution < 1.29 is 9.30 Å². The summed E-state index contributed by atoms with van der Waals surface area (Å²) < 4.78 is 24.9. The van der Waals surface area contributed by atoms with Gasteiger partial charge in [-0.05, 0) is 43.2 Å². The van der Waals surface area contributed by atoms with Crippen molar-refractivity contribution in [1.82, 2.24) is 9.57 Å². The Bertz CT molecular complexity index is 899. The van der Waals surface area contributed by atoms with Crippen LogP contribution in [0.3, 0.4) is 0 Å². The molecular weight excluding hydrogens is 395 g/mol. The van der Waals surface area contributed by atoms with Crippen LogP contribution in [0.4, 0.5) is 5.69 Å². The van der Waals surface area contributed by atoms with Crippen LogP contribution in [0.1, 0.15) is 46.0 Å². The second kappa shape index (κ2) is 7.81. The van der Waals surface area contributed by atoms with Gasteiger partial charge in [0, 0.05) is 31.9 Å². The van der Waals surface area contributed by atoms with Crippen LogP contribution >= 0.6 is 7.44 Å². The number of fused-ring (bicyclic) bond motifs is 1. The molecule has 2 fully saturated rings. The minimum absolute atomic E-state index is 0.107. The fourth-order valence-corrected chi connectivity index (χ4v) is 8.50. The van der Waals surface area contributed by atoms with Crippen LogP contribution in [-0.2, 0) is 9.30 Å². The van der Waals surface area contributed by atoms with Crippen LogP contribution in [0.5, 0.6) is 0 Å². The number of anilines is 1. The predicted molar refractivity (Wildman–Crippen MR) is 122 cm³/mol. The van der Waals surface area contributed by atoms with Gasteiger partial charge in [-0.15, -0.1) is 0 Å².